The van der Waals surface area contributed by atoms with E-state index >= 15 is 0 Å². The van der Waals surface area contributed by atoms with Gasteiger partial charge in [0.05, 0.1) is 24.2 Å². The van der Waals surface area contributed by atoms with E-state index in [0.29, 0.717) is 12.8 Å². The number of hydrogen-bond acceptors (Lipinski definition) is 4. The van der Waals surface area contributed by atoms with Gasteiger partial charge in [-0.25, -0.2) is 0 Å². The summed E-state index contributed by atoms with van der Waals surface area (Å²) in [6, 6.07) is 3.89. The Morgan fingerprint density at radius 3 is 2.43 bits per heavy atom. The van der Waals surface area contributed by atoms with Crippen molar-refractivity contribution in [1.29, 1.82) is 10.5 Å². The van der Waals surface area contributed by atoms with Crippen LogP contribution in [0.3, 0.4) is 0 Å². The molecule has 2 atom stereocenters. The number of nitrogens with zero attached hydrogens (tertiary/aromatic N) is 2. The first-order valence-electron chi connectivity index (χ1n) is 4.62. The van der Waals surface area contributed by atoms with Crippen molar-refractivity contribution in [2.75, 3.05) is 0 Å². The topological polar surface area (TPSA) is 73.9 Å². The number of cyclic esters (lactones) is 1. The van der Waals surface area contributed by atoms with Gasteiger partial charge in [-0.2, -0.15) is 10.5 Å². The highest BCUT2D eigenvalue weighted by molar-refractivity contribution is 5.76. The third-order valence-electron chi connectivity index (χ3n) is 2.72. The van der Waals surface area contributed by atoms with E-state index in [0.717, 1.165) is 0 Å². The zero-order valence-corrected chi connectivity index (χ0v) is 8.28. The highest BCUT2D eigenvalue weighted by atomic mass is 16.5. The SMILES string of the molecule is CCC(C#N)(C#N)C1CC(C)OC1=O. The lowest BCUT2D eigenvalue weighted by atomic mass is 9.74. The zero-order valence-electron chi connectivity index (χ0n) is 8.28. The Hall–Kier alpha value is -1.55. The Kier molecular flexibility index (Phi) is 2.76. The van der Waals surface area contributed by atoms with Crippen molar-refractivity contribution in [3.8, 4) is 12.1 Å². The van der Waals surface area contributed by atoms with E-state index in [-0.39, 0.29) is 6.10 Å². The molecule has 0 radical (unpaired) electrons. The van der Waals surface area contributed by atoms with Crippen LogP contribution in [0.2, 0.25) is 0 Å². The van der Waals surface area contributed by atoms with E-state index in [2.05, 4.69) is 0 Å². The molecule has 1 aliphatic heterocycles. The van der Waals surface area contributed by atoms with Gasteiger partial charge in [0, 0.05) is 0 Å². The van der Waals surface area contributed by atoms with Gasteiger partial charge in [-0.3, -0.25) is 4.79 Å². The third-order valence-corrected chi connectivity index (χ3v) is 2.72. The minimum absolute atomic E-state index is 0.180. The molecule has 0 aromatic carbocycles. The number of carbonyl (C=O) groups is 1. The fraction of sp³-hybridized carbons (Fsp3) is 0.700. The van der Waals surface area contributed by atoms with E-state index in [4.69, 9.17) is 15.3 Å². The predicted octanol–water partition coefficient (Wildman–Crippen LogP) is 1.38. The van der Waals surface area contributed by atoms with Crippen LogP contribution < -0.4 is 0 Å². The van der Waals surface area contributed by atoms with Gasteiger partial charge in [0.1, 0.15) is 0 Å². The van der Waals surface area contributed by atoms with Crippen molar-refractivity contribution in [3.05, 3.63) is 0 Å². The number of nitriles is 2. The van der Waals surface area contributed by atoms with E-state index in [1.54, 1.807) is 13.8 Å². The van der Waals surface area contributed by atoms with Crippen LogP contribution in [0.15, 0.2) is 0 Å². The van der Waals surface area contributed by atoms with Gasteiger partial charge in [0.2, 0.25) is 0 Å². The molecule has 1 saturated heterocycles. The van der Waals surface area contributed by atoms with Crippen LogP contribution >= 0.6 is 0 Å². The summed E-state index contributed by atoms with van der Waals surface area (Å²) in [5.74, 6) is -1.00. The van der Waals surface area contributed by atoms with Crippen LogP contribution in [0.5, 0.6) is 0 Å². The summed E-state index contributed by atoms with van der Waals surface area (Å²) in [4.78, 5) is 11.4. The molecule has 0 aromatic heterocycles. The number of hydrogen-bond donors (Lipinski definition) is 0. The first-order chi connectivity index (χ1) is 6.59. The van der Waals surface area contributed by atoms with Crippen molar-refractivity contribution >= 4 is 5.97 Å². The van der Waals surface area contributed by atoms with Crippen LogP contribution in [0.1, 0.15) is 26.7 Å². The molecule has 74 valence electrons. The molecular weight excluding hydrogens is 180 g/mol. The number of ether oxygens (including phenoxy) is 1. The maximum Gasteiger partial charge on any atom is 0.312 e. The van der Waals surface area contributed by atoms with Crippen molar-refractivity contribution in [1.82, 2.24) is 0 Å². The highest BCUT2D eigenvalue weighted by Crippen LogP contribution is 2.38. The summed E-state index contributed by atoms with van der Waals surface area (Å²) >= 11 is 0. The fourth-order valence-electron chi connectivity index (χ4n) is 1.74. The molecule has 1 rings (SSSR count). The van der Waals surface area contributed by atoms with E-state index in [1.165, 1.54) is 0 Å². The highest BCUT2D eigenvalue weighted by Gasteiger charge is 2.48. The van der Waals surface area contributed by atoms with E-state index in [1.807, 2.05) is 12.1 Å². The minimum atomic E-state index is -1.21. The lowest BCUT2D eigenvalue weighted by Gasteiger charge is -2.20. The standard InChI is InChI=1S/C10H12N2O2/c1-3-10(5-11,6-12)8-4-7(2)14-9(8)13/h7-8H,3-4H2,1-2H3. The molecule has 4 nitrogen and oxygen atoms in total. The number of esters is 1. The molecule has 0 bridgehead atoms. The van der Waals surface area contributed by atoms with Gasteiger partial charge in [-0.1, -0.05) is 6.92 Å². The van der Waals surface area contributed by atoms with Gasteiger partial charge in [-0.05, 0) is 19.8 Å². The summed E-state index contributed by atoms with van der Waals surface area (Å²) < 4.78 is 4.94. The summed E-state index contributed by atoms with van der Waals surface area (Å²) in [6.07, 6.45) is 0.639. The second-order valence-corrected chi connectivity index (χ2v) is 3.58. The second kappa shape index (κ2) is 3.67. The summed E-state index contributed by atoms with van der Waals surface area (Å²) in [7, 11) is 0. The molecule has 0 N–H and O–H groups in total. The van der Waals surface area contributed by atoms with Crippen LogP contribution in [0, 0.1) is 34.0 Å². The molecule has 14 heavy (non-hydrogen) atoms. The monoisotopic (exact) mass is 192 g/mol. The largest absolute Gasteiger partial charge is 0.462 e. The Morgan fingerprint density at radius 2 is 2.14 bits per heavy atom. The van der Waals surface area contributed by atoms with Crippen LogP contribution in [0.25, 0.3) is 0 Å². The van der Waals surface area contributed by atoms with Gasteiger partial charge in [0.15, 0.2) is 5.41 Å². The predicted molar refractivity (Wildman–Crippen MR) is 47.6 cm³/mol. The Bertz CT molecular complexity index is 310. The molecule has 0 aromatic rings. The quantitative estimate of drug-likeness (QED) is 0.619. The Labute approximate surface area is 83.1 Å². The summed E-state index contributed by atoms with van der Waals surface area (Å²) in [5.41, 5.74) is -1.21. The van der Waals surface area contributed by atoms with Crippen molar-refractivity contribution in [2.24, 2.45) is 11.3 Å². The Morgan fingerprint density at radius 1 is 1.57 bits per heavy atom. The molecule has 1 heterocycles. The Balaban J connectivity index is 2.98. The fourth-order valence-corrected chi connectivity index (χ4v) is 1.74. The molecule has 0 saturated carbocycles. The number of carbonyl (C=O) groups excluding carboxylic acids is 1. The second-order valence-electron chi connectivity index (χ2n) is 3.58. The maximum atomic E-state index is 11.4. The molecule has 0 aliphatic carbocycles. The van der Waals surface area contributed by atoms with E-state index in [9.17, 15) is 4.79 Å². The molecule has 4 heteroatoms. The zero-order chi connectivity index (χ0) is 10.8. The van der Waals surface area contributed by atoms with Gasteiger partial charge in [-0.15, -0.1) is 0 Å². The first-order valence-corrected chi connectivity index (χ1v) is 4.62. The van der Waals surface area contributed by atoms with Crippen molar-refractivity contribution in [3.63, 3.8) is 0 Å². The molecular formula is C10H12N2O2. The number of rotatable bonds is 2. The molecule has 1 fully saturated rings. The third kappa shape index (κ3) is 1.44. The molecule has 2 unspecified atom stereocenters. The van der Waals surface area contributed by atoms with Gasteiger partial charge >= 0.3 is 5.97 Å². The first kappa shape index (κ1) is 10.5. The smallest absolute Gasteiger partial charge is 0.312 e. The van der Waals surface area contributed by atoms with Gasteiger partial charge in [0.25, 0.3) is 0 Å². The molecule has 0 spiro atoms. The average Bonchev–Trinajstić information content (AvgIpc) is 2.51. The van der Waals surface area contributed by atoms with Crippen molar-refractivity contribution in [2.45, 2.75) is 32.8 Å². The van der Waals surface area contributed by atoms with Crippen LogP contribution in [-0.4, -0.2) is 12.1 Å². The van der Waals surface area contributed by atoms with Crippen molar-refractivity contribution < 1.29 is 9.53 Å². The van der Waals surface area contributed by atoms with Crippen LogP contribution in [-0.2, 0) is 9.53 Å². The minimum Gasteiger partial charge on any atom is -0.462 e. The lowest BCUT2D eigenvalue weighted by Crippen LogP contribution is -2.30. The summed E-state index contributed by atoms with van der Waals surface area (Å²) in [5, 5.41) is 17.9. The summed E-state index contributed by atoms with van der Waals surface area (Å²) in [6.45, 7) is 3.51. The molecule has 0 amide bonds. The van der Waals surface area contributed by atoms with E-state index < -0.39 is 17.3 Å². The van der Waals surface area contributed by atoms with Gasteiger partial charge < -0.3 is 4.74 Å². The van der Waals surface area contributed by atoms with Crippen LogP contribution in [0.4, 0.5) is 0 Å². The average molecular weight is 192 g/mol. The maximum absolute atomic E-state index is 11.4. The normalized spacial score (nSPS) is 26.4. The molecule has 1 aliphatic rings. The lowest BCUT2D eigenvalue weighted by molar-refractivity contribution is -0.145.